The first-order chi connectivity index (χ1) is 11.2. The summed E-state index contributed by atoms with van der Waals surface area (Å²) in [5, 5.41) is 0. The van der Waals surface area contributed by atoms with E-state index in [0.29, 0.717) is 43.3 Å². The molecule has 4 rings (SSSR count). The van der Waals surface area contributed by atoms with Crippen LogP contribution in [0.2, 0.25) is 0 Å². The third-order valence-electron chi connectivity index (χ3n) is 7.20. The number of carbonyl (C=O) groups is 2. The summed E-state index contributed by atoms with van der Waals surface area (Å²) in [6.45, 7) is 0.0419. The predicted octanol–water partition coefficient (Wildman–Crippen LogP) is 4.09. The first-order valence-electron chi connectivity index (χ1n) is 9.97. The molecule has 3 fully saturated rings. The number of carbonyl (C=O) groups excluding carboxylic acids is 2. The molecule has 0 aromatic heterocycles. The molecule has 0 heterocycles. The smallest absolute Gasteiger partial charge is 0.155 e. The Labute approximate surface area is 131 Å². The summed E-state index contributed by atoms with van der Waals surface area (Å²) in [5.41, 5.74) is -0.174. The van der Waals surface area contributed by atoms with Crippen molar-refractivity contribution in [3.8, 4) is 0 Å². The molecular weight excluding hydrogens is 260 g/mol. The van der Waals surface area contributed by atoms with Crippen molar-refractivity contribution >= 4 is 11.6 Å². The Bertz CT molecular complexity index is 635. The zero-order valence-corrected chi connectivity index (χ0v) is 12.8. The molecule has 3 saturated carbocycles. The van der Waals surface area contributed by atoms with Crippen molar-refractivity contribution in [2.24, 2.45) is 28.6 Å². The third-order valence-corrected chi connectivity index (χ3v) is 7.20. The molecule has 4 aliphatic rings. The van der Waals surface area contributed by atoms with E-state index in [1.54, 1.807) is 6.08 Å². The van der Waals surface area contributed by atoms with Crippen molar-refractivity contribution in [1.82, 2.24) is 0 Å². The van der Waals surface area contributed by atoms with E-state index in [-0.39, 0.29) is 17.1 Å². The Hall–Kier alpha value is -0.920. The first kappa shape index (κ1) is 10.7. The van der Waals surface area contributed by atoms with E-state index in [1.165, 1.54) is 0 Å². The maximum absolute atomic E-state index is 12.4. The number of Topliss-reactive ketones (excluding diaryl/α,β-unsaturated/α-hetero) is 1. The van der Waals surface area contributed by atoms with Crippen LogP contribution in [-0.2, 0) is 9.59 Å². The fourth-order valence-corrected chi connectivity index (χ4v) is 5.99. The molecule has 0 radical (unpaired) electrons. The van der Waals surface area contributed by atoms with E-state index < -0.39 is 12.3 Å². The largest absolute Gasteiger partial charge is 0.299 e. The lowest BCUT2D eigenvalue weighted by Gasteiger charge is -2.56. The van der Waals surface area contributed by atoms with Crippen LogP contribution in [0.15, 0.2) is 11.6 Å². The van der Waals surface area contributed by atoms with E-state index in [4.69, 9.17) is 4.11 Å². The molecule has 2 heteroatoms. The lowest BCUT2D eigenvalue weighted by Crippen LogP contribution is -2.50. The van der Waals surface area contributed by atoms with Gasteiger partial charge in [-0.25, -0.2) is 0 Å². The van der Waals surface area contributed by atoms with Crippen molar-refractivity contribution in [3.63, 3.8) is 0 Å². The van der Waals surface area contributed by atoms with Gasteiger partial charge in [-0.1, -0.05) is 19.3 Å². The molecule has 0 saturated heterocycles. The van der Waals surface area contributed by atoms with Crippen molar-refractivity contribution < 1.29 is 13.7 Å². The van der Waals surface area contributed by atoms with Gasteiger partial charge >= 0.3 is 0 Å². The van der Waals surface area contributed by atoms with Gasteiger partial charge < -0.3 is 0 Å². The van der Waals surface area contributed by atoms with E-state index in [2.05, 4.69) is 6.92 Å². The highest BCUT2D eigenvalue weighted by Gasteiger charge is 2.58. The summed E-state index contributed by atoms with van der Waals surface area (Å²) < 4.78 is 25.0. The second kappa shape index (κ2) is 4.30. The Balaban J connectivity index is 1.79. The van der Waals surface area contributed by atoms with Crippen LogP contribution >= 0.6 is 0 Å². The quantitative estimate of drug-likeness (QED) is 0.673. The van der Waals surface area contributed by atoms with E-state index in [0.717, 1.165) is 31.3 Å². The summed E-state index contributed by atoms with van der Waals surface area (Å²) in [7, 11) is 0. The molecule has 5 atom stereocenters. The van der Waals surface area contributed by atoms with Gasteiger partial charge in [0.05, 0.1) is 0 Å². The Morgan fingerprint density at radius 2 is 1.86 bits per heavy atom. The third kappa shape index (κ3) is 1.71. The van der Waals surface area contributed by atoms with Crippen LogP contribution in [0.5, 0.6) is 0 Å². The molecule has 0 aromatic rings. The lowest BCUT2D eigenvalue weighted by molar-refractivity contribution is -0.132. The molecule has 5 unspecified atom stereocenters. The van der Waals surface area contributed by atoms with E-state index in [9.17, 15) is 9.59 Å². The summed E-state index contributed by atoms with van der Waals surface area (Å²) in [4.78, 5) is 24.4. The van der Waals surface area contributed by atoms with Gasteiger partial charge in [-0.05, 0) is 67.8 Å². The second-order valence-corrected chi connectivity index (χ2v) is 7.94. The van der Waals surface area contributed by atoms with Gasteiger partial charge in [-0.15, -0.1) is 0 Å². The number of ketones is 2. The Morgan fingerprint density at radius 1 is 1.05 bits per heavy atom. The fourth-order valence-electron chi connectivity index (χ4n) is 5.99. The topological polar surface area (TPSA) is 34.1 Å². The van der Waals surface area contributed by atoms with Gasteiger partial charge in [-0.2, -0.15) is 0 Å². The van der Waals surface area contributed by atoms with Crippen molar-refractivity contribution in [2.45, 2.75) is 65.1 Å². The standard InChI is InChI=1S/C19H26O2/c1-18-9-7-13(20)11-12(18)3-4-14-15-5-6-17(21)19(15,2)10-8-16(14)18/h11,14-16H,3-10H2,1-2H3/i1D3. The van der Waals surface area contributed by atoms with Crippen LogP contribution in [-0.4, -0.2) is 11.6 Å². The summed E-state index contributed by atoms with van der Waals surface area (Å²) >= 11 is 0. The molecule has 2 nitrogen and oxygen atoms in total. The van der Waals surface area contributed by atoms with Crippen LogP contribution in [0.25, 0.3) is 0 Å². The average Bonchev–Trinajstić information content (AvgIpc) is 2.81. The predicted molar refractivity (Wildman–Crippen MR) is 81.7 cm³/mol. The molecule has 114 valence electrons. The van der Waals surface area contributed by atoms with Gasteiger partial charge in [0.2, 0.25) is 0 Å². The van der Waals surface area contributed by atoms with Gasteiger partial charge in [0.1, 0.15) is 5.78 Å². The monoisotopic (exact) mass is 289 g/mol. The Morgan fingerprint density at radius 3 is 2.67 bits per heavy atom. The molecule has 4 aliphatic carbocycles. The Kier molecular flexibility index (Phi) is 2.20. The molecule has 0 bridgehead atoms. The second-order valence-electron chi connectivity index (χ2n) is 7.94. The zero-order valence-electron chi connectivity index (χ0n) is 15.8. The lowest BCUT2D eigenvalue weighted by atomic mass is 9.47. The minimum absolute atomic E-state index is 0.0833. The summed E-state index contributed by atoms with van der Waals surface area (Å²) in [6, 6.07) is 0. The minimum Gasteiger partial charge on any atom is -0.299 e. The SMILES string of the molecule is [2H]C([2H])([2H])C12CCC(=O)C=C1CCC1C3CCC(=O)C3(C)CCC12. The van der Waals surface area contributed by atoms with E-state index in [1.807, 2.05) is 0 Å². The van der Waals surface area contributed by atoms with Crippen molar-refractivity contribution in [3.05, 3.63) is 11.6 Å². The van der Waals surface area contributed by atoms with Gasteiger partial charge in [-0.3, -0.25) is 9.59 Å². The highest BCUT2D eigenvalue weighted by Crippen LogP contribution is 2.64. The molecule has 0 aliphatic heterocycles. The van der Waals surface area contributed by atoms with E-state index >= 15 is 0 Å². The van der Waals surface area contributed by atoms with Crippen LogP contribution in [0.4, 0.5) is 0 Å². The summed E-state index contributed by atoms with van der Waals surface area (Å²) in [5.74, 6) is 1.22. The number of fused-ring (bicyclic) bond motifs is 5. The van der Waals surface area contributed by atoms with Crippen LogP contribution < -0.4 is 0 Å². The molecule has 0 N–H and O–H groups in total. The molecule has 21 heavy (non-hydrogen) atoms. The van der Waals surface area contributed by atoms with Crippen molar-refractivity contribution in [2.75, 3.05) is 0 Å². The van der Waals surface area contributed by atoms with Crippen LogP contribution in [0, 0.1) is 28.6 Å². The number of rotatable bonds is 0. The minimum atomic E-state index is -2.07. The fraction of sp³-hybridized carbons (Fsp3) is 0.789. The highest BCUT2D eigenvalue weighted by molar-refractivity contribution is 5.91. The highest BCUT2D eigenvalue weighted by atomic mass is 16.1. The van der Waals surface area contributed by atoms with Crippen molar-refractivity contribution in [1.29, 1.82) is 0 Å². The average molecular weight is 289 g/mol. The summed E-state index contributed by atoms with van der Waals surface area (Å²) in [6.07, 6.45) is 7.33. The number of hydrogen-bond acceptors (Lipinski definition) is 2. The maximum atomic E-state index is 12.4. The molecule has 0 amide bonds. The number of allylic oxidation sites excluding steroid dienone is 1. The molecule has 0 aromatic carbocycles. The van der Waals surface area contributed by atoms with Gasteiger partial charge in [0.25, 0.3) is 0 Å². The maximum Gasteiger partial charge on any atom is 0.155 e. The van der Waals surface area contributed by atoms with Gasteiger partial charge in [0, 0.05) is 22.4 Å². The first-order valence-corrected chi connectivity index (χ1v) is 8.47. The molecular formula is C19H26O2. The zero-order chi connectivity index (χ0) is 17.3. The van der Waals surface area contributed by atoms with Crippen LogP contribution in [0.1, 0.15) is 69.3 Å². The van der Waals surface area contributed by atoms with Gasteiger partial charge in [0.15, 0.2) is 5.78 Å². The van der Waals surface area contributed by atoms with Crippen LogP contribution in [0.3, 0.4) is 0 Å². The normalized spacial score (nSPS) is 52.0. The number of hydrogen-bond donors (Lipinski definition) is 0. The molecule has 0 spiro atoms.